The minimum atomic E-state index is -4.05. The lowest BCUT2D eigenvalue weighted by atomic mass is 10.1. The molecule has 1 fully saturated rings. The van der Waals surface area contributed by atoms with Crippen LogP contribution in [0.1, 0.15) is 25.7 Å². The van der Waals surface area contributed by atoms with Crippen molar-refractivity contribution in [2.24, 2.45) is 5.73 Å². The van der Waals surface area contributed by atoms with Crippen LogP contribution in [-0.2, 0) is 14.8 Å². The number of piperidine rings is 1. The highest BCUT2D eigenvalue weighted by Gasteiger charge is 2.35. The number of sulfonamides is 1. The van der Waals surface area contributed by atoms with Crippen molar-refractivity contribution in [3.8, 4) is 5.75 Å². The molecule has 1 aliphatic heterocycles. The smallest absolute Gasteiger partial charge is 0.387 e. The average molecular weight is 391 g/mol. The number of hydrogen-bond acceptors (Lipinski definition) is 5. The summed E-state index contributed by atoms with van der Waals surface area (Å²) in [7, 11) is -4.05. The van der Waals surface area contributed by atoms with Gasteiger partial charge in [0.1, 0.15) is 10.6 Å². The third-order valence-corrected chi connectivity index (χ3v) is 6.12. The second-order valence-electron chi connectivity index (χ2n) is 5.93. The van der Waals surface area contributed by atoms with Gasteiger partial charge in [-0.05, 0) is 25.0 Å². The summed E-state index contributed by atoms with van der Waals surface area (Å²) in [5, 5.41) is 2.68. The zero-order chi connectivity index (χ0) is 19.2. The summed E-state index contributed by atoms with van der Waals surface area (Å²) in [4.78, 5) is 11.3. The number of carbonyl (C=O) groups excluding carboxylic acids is 1. The molecule has 1 unspecified atom stereocenters. The maximum absolute atomic E-state index is 13.0. The number of amides is 1. The van der Waals surface area contributed by atoms with Crippen LogP contribution >= 0.6 is 0 Å². The van der Waals surface area contributed by atoms with E-state index in [0.29, 0.717) is 12.8 Å². The van der Waals surface area contributed by atoms with Crippen LogP contribution in [0.3, 0.4) is 0 Å². The van der Waals surface area contributed by atoms with Crippen molar-refractivity contribution in [3.05, 3.63) is 24.3 Å². The molecule has 26 heavy (non-hydrogen) atoms. The Morgan fingerprint density at radius 3 is 2.77 bits per heavy atom. The molecule has 0 saturated carbocycles. The molecule has 1 aliphatic rings. The summed E-state index contributed by atoms with van der Waals surface area (Å²) in [6.45, 7) is -2.52. The van der Waals surface area contributed by atoms with Crippen LogP contribution in [-0.4, -0.2) is 50.9 Å². The highest BCUT2D eigenvalue weighted by molar-refractivity contribution is 7.89. The second kappa shape index (κ2) is 9.24. The Labute approximate surface area is 151 Å². The minimum absolute atomic E-state index is 0.149. The van der Waals surface area contributed by atoms with Gasteiger partial charge in [0.2, 0.25) is 15.9 Å². The number of rotatable bonds is 8. The van der Waals surface area contributed by atoms with E-state index in [1.807, 2.05) is 0 Å². The fraction of sp³-hybridized carbons (Fsp3) is 0.562. The van der Waals surface area contributed by atoms with Gasteiger partial charge in [-0.1, -0.05) is 18.6 Å². The molecule has 0 radical (unpaired) electrons. The molecule has 7 nitrogen and oxygen atoms in total. The lowest BCUT2D eigenvalue weighted by Crippen LogP contribution is -2.49. The molecule has 1 aromatic carbocycles. The number of carbonyl (C=O) groups is 1. The molecular formula is C16H23F2N3O4S. The molecule has 0 aromatic heterocycles. The van der Waals surface area contributed by atoms with Crippen molar-refractivity contribution in [2.45, 2.75) is 43.2 Å². The number of nitrogens with one attached hydrogen (secondary N) is 1. The number of ether oxygens (including phenoxy) is 1. The Bertz CT molecular complexity index is 715. The van der Waals surface area contributed by atoms with Crippen molar-refractivity contribution in [2.75, 3.05) is 19.6 Å². The van der Waals surface area contributed by atoms with E-state index in [4.69, 9.17) is 5.73 Å². The van der Waals surface area contributed by atoms with Gasteiger partial charge in [-0.3, -0.25) is 4.79 Å². The summed E-state index contributed by atoms with van der Waals surface area (Å²) in [5.41, 5.74) is 5.32. The number of alkyl halides is 2. The summed E-state index contributed by atoms with van der Waals surface area (Å²) in [6.07, 6.45) is 2.20. The Balaban J connectivity index is 2.23. The summed E-state index contributed by atoms with van der Waals surface area (Å²) in [6, 6.07) is 4.87. The van der Waals surface area contributed by atoms with Crippen LogP contribution in [0.5, 0.6) is 5.75 Å². The highest BCUT2D eigenvalue weighted by atomic mass is 32.2. The molecule has 0 bridgehead atoms. The first-order valence-electron chi connectivity index (χ1n) is 8.38. The third-order valence-electron chi connectivity index (χ3n) is 4.13. The van der Waals surface area contributed by atoms with Crippen LogP contribution in [0.15, 0.2) is 29.2 Å². The van der Waals surface area contributed by atoms with Crippen LogP contribution < -0.4 is 15.8 Å². The first-order valence-corrected chi connectivity index (χ1v) is 9.82. The van der Waals surface area contributed by atoms with Crippen molar-refractivity contribution in [1.29, 1.82) is 0 Å². The van der Waals surface area contributed by atoms with Crippen LogP contribution in [0, 0.1) is 0 Å². The lowest BCUT2D eigenvalue weighted by molar-refractivity contribution is -0.121. The third kappa shape index (κ3) is 5.12. The lowest BCUT2D eigenvalue weighted by Gasteiger charge is -2.35. The zero-order valence-corrected chi connectivity index (χ0v) is 15.1. The van der Waals surface area contributed by atoms with Gasteiger partial charge in [-0.15, -0.1) is 0 Å². The van der Waals surface area contributed by atoms with E-state index in [2.05, 4.69) is 10.1 Å². The van der Waals surface area contributed by atoms with E-state index < -0.39 is 22.7 Å². The summed E-state index contributed by atoms with van der Waals surface area (Å²) >= 11 is 0. The topological polar surface area (TPSA) is 102 Å². The van der Waals surface area contributed by atoms with Gasteiger partial charge in [-0.2, -0.15) is 13.1 Å². The first kappa shape index (κ1) is 20.5. The average Bonchev–Trinajstić information content (AvgIpc) is 2.60. The monoisotopic (exact) mass is 391 g/mol. The Morgan fingerprint density at radius 2 is 2.08 bits per heavy atom. The van der Waals surface area contributed by atoms with Gasteiger partial charge in [0.15, 0.2) is 0 Å². The summed E-state index contributed by atoms with van der Waals surface area (Å²) in [5.74, 6) is -0.643. The molecule has 0 spiro atoms. The van der Waals surface area contributed by atoms with Gasteiger partial charge in [0, 0.05) is 32.1 Å². The van der Waals surface area contributed by atoms with Gasteiger partial charge >= 0.3 is 6.61 Å². The number of nitrogens with zero attached hydrogens (tertiary/aromatic N) is 1. The molecule has 1 heterocycles. The molecule has 0 aliphatic carbocycles. The first-order chi connectivity index (χ1) is 12.4. The van der Waals surface area contributed by atoms with Crippen molar-refractivity contribution in [1.82, 2.24) is 9.62 Å². The van der Waals surface area contributed by atoms with Gasteiger partial charge in [-0.25, -0.2) is 8.42 Å². The van der Waals surface area contributed by atoms with E-state index >= 15 is 0 Å². The maximum Gasteiger partial charge on any atom is 0.387 e. The molecule has 1 amide bonds. The standard InChI is InChI=1S/C16H23F2N3O4S/c17-16(18)25-13-6-1-2-7-14(13)26(23,24)21-10-4-3-5-12(21)11-20-15(22)8-9-19/h1-2,6-7,12,16H,3-5,8-11,19H2,(H,20,22). The number of halogens is 2. The van der Waals surface area contributed by atoms with Crippen molar-refractivity contribution < 1.29 is 26.7 Å². The molecule has 10 heteroatoms. The highest BCUT2D eigenvalue weighted by Crippen LogP contribution is 2.31. The Kier molecular flexibility index (Phi) is 7.30. The Hall–Kier alpha value is -1.78. The van der Waals surface area contributed by atoms with E-state index in [-0.39, 0.29) is 42.6 Å². The maximum atomic E-state index is 13.0. The summed E-state index contributed by atoms with van der Waals surface area (Å²) < 4.78 is 56.9. The molecule has 1 aromatic rings. The molecule has 2 rings (SSSR count). The van der Waals surface area contributed by atoms with Gasteiger partial charge in [0.05, 0.1) is 0 Å². The minimum Gasteiger partial charge on any atom is -0.433 e. The Morgan fingerprint density at radius 1 is 1.35 bits per heavy atom. The van der Waals surface area contributed by atoms with Crippen molar-refractivity contribution in [3.63, 3.8) is 0 Å². The number of para-hydroxylation sites is 1. The predicted octanol–water partition coefficient (Wildman–Crippen LogP) is 1.30. The molecule has 1 atom stereocenters. The van der Waals surface area contributed by atoms with Crippen LogP contribution in [0.2, 0.25) is 0 Å². The van der Waals surface area contributed by atoms with E-state index in [1.54, 1.807) is 0 Å². The predicted molar refractivity (Wildman–Crippen MR) is 91.3 cm³/mol. The molecular weight excluding hydrogens is 368 g/mol. The molecule has 146 valence electrons. The fourth-order valence-corrected chi connectivity index (χ4v) is 4.74. The van der Waals surface area contributed by atoms with Gasteiger partial charge in [0.25, 0.3) is 0 Å². The SMILES string of the molecule is NCCC(=O)NCC1CCCCN1S(=O)(=O)c1ccccc1OC(F)F. The van der Waals surface area contributed by atoms with Crippen LogP contribution in [0.4, 0.5) is 8.78 Å². The van der Waals surface area contributed by atoms with E-state index in [1.165, 1.54) is 28.6 Å². The second-order valence-corrected chi connectivity index (χ2v) is 7.79. The normalized spacial score (nSPS) is 18.7. The quantitative estimate of drug-likeness (QED) is 0.695. The van der Waals surface area contributed by atoms with Crippen LogP contribution in [0.25, 0.3) is 0 Å². The number of nitrogens with two attached hydrogens (primary N) is 1. The van der Waals surface area contributed by atoms with E-state index in [9.17, 15) is 22.0 Å². The molecule has 3 N–H and O–H groups in total. The molecule has 1 saturated heterocycles. The largest absolute Gasteiger partial charge is 0.433 e. The van der Waals surface area contributed by atoms with E-state index in [0.717, 1.165) is 6.42 Å². The number of benzene rings is 1. The fourth-order valence-electron chi connectivity index (χ4n) is 2.93. The zero-order valence-electron chi connectivity index (χ0n) is 14.2. The van der Waals surface area contributed by atoms with Crippen molar-refractivity contribution >= 4 is 15.9 Å². The van der Waals surface area contributed by atoms with Gasteiger partial charge < -0.3 is 15.8 Å². The number of hydrogen-bond donors (Lipinski definition) is 2.